The van der Waals surface area contributed by atoms with Crippen molar-refractivity contribution < 1.29 is 24.1 Å². The molecule has 1 atom stereocenters. The molecule has 0 saturated heterocycles. The molecule has 1 aromatic carbocycles. The number of rotatable bonds is 4. The van der Waals surface area contributed by atoms with Crippen LogP contribution in [0.4, 0.5) is 9.18 Å². The standard InChI is InChI=1S/C12H12FN3O4/c1-20-9-4-14-7-3-2-6(13)10(11(7)16-9)8(5-17)15-12(18)19/h2-4,8,15,17H,5H2,1H3,(H,18,19)/t8-/m1/s1. The van der Waals surface area contributed by atoms with Crippen LogP contribution in [-0.4, -0.2) is 40.0 Å². The molecule has 0 aliphatic carbocycles. The Bertz CT molecular complexity index is 650. The lowest BCUT2D eigenvalue weighted by atomic mass is 10.0. The van der Waals surface area contributed by atoms with Gasteiger partial charge in [-0.15, -0.1) is 0 Å². The van der Waals surface area contributed by atoms with Crippen LogP contribution >= 0.6 is 0 Å². The molecule has 1 heterocycles. The van der Waals surface area contributed by atoms with Gasteiger partial charge < -0.3 is 20.3 Å². The Hall–Kier alpha value is -2.48. The largest absolute Gasteiger partial charge is 0.480 e. The fourth-order valence-corrected chi connectivity index (χ4v) is 1.85. The van der Waals surface area contributed by atoms with Crippen molar-refractivity contribution in [2.24, 2.45) is 0 Å². The van der Waals surface area contributed by atoms with Gasteiger partial charge in [-0.25, -0.2) is 19.2 Å². The van der Waals surface area contributed by atoms with E-state index >= 15 is 0 Å². The fraction of sp³-hybridized carbons (Fsp3) is 0.250. The highest BCUT2D eigenvalue weighted by molar-refractivity contribution is 5.80. The number of aliphatic hydroxyl groups is 1. The number of aromatic nitrogens is 2. The van der Waals surface area contributed by atoms with Crippen LogP contribution in [0.3, 0.4) is 0 Å². The molecule has 0 bridgehead atoms. The van der Waals surface area contributed by atoms with Crippen molar-refractivity contribution in [2.75, 3.05) is 13.7 Å². The van der Waals surface area contributed by atoms with E-state index in [2.05, 4.69) is 9.97 Å². The van der Waals surface area contributed by atoms with Crippen LogP contribution in [0.25, 0.3) is 11.0 Å². The number of amides is 1. The molecule has 2 rings (SSSR count). The molecule has 0 unspecified atom stereocenters. The van der Waals surface area contributed by atoms with Crippen LogP contribution < -0.4 is 10.1 Å². The van der Waals surface area contributed by atoms with Crippen LogP contribution in [0, 0.1) is 5.82 Å². The number of benzene rings is 1. The van der Waals surface area contributed by atoms with Crippen LogP contribution in [-0.2, 0) is 0 Å². The van der Waals surface area contributed by atoms with Gasteiger partial charge in [0.1, 0.15) is 11.3 Å². The predicted octanol–water partition coefficient (Wildman–Crippen LogP) is 1.08. The first-order chi connectivity index (χ1) is 9.56. The van der Waals surface area contributed by atoms with E-state index < -0.39 is 24.6 Å². The van der Waals surface area contributed by atoms with Gasteiger partial charge in [0.2, 0.25) is 5.88 Å². The van der Waals surface area contributed by atoms with Gasteiger partial charge in [0.25, 0.3) is 0 Å². The summed E-state index contributed by atoms with van der Waals surface area (Å²) in [6.07, 6.45) is -0.0147. The van der Waals surface area contributed by atoms with E-state index in [0.29, 0.717) is 5.52 Å². The Kier molecular flexibility index (Phi) is 3.94. The molecule has 0 aliphatic heterocycles. The maximum absolute atomic E-state index is 14.0. The number of nitrogens with zero attached hydrogens (tertiary/aromatic N) is 2. The molecule has 1 aromatic heterocycles. The van der Waals surface area contributed by atoms with Crippen molar-refractivity contribution >= 4 is 17.1 Å². The Morgan fingerprint density at radius 2 is 2.30 bits per heavy atom. The second-order valence-electron chi connectivity index (χ2n) is 3.93. The molecule has 106 valence electrons. The number of nitrogens with one attached hydrogen (secondary N) is 1. The maximum atomic E-state index is 14.0. The minimum atomic E-state index is -1.38. The third-order valence-corrected chi connectivity index (χ3v) is 2.72. The summed E-state index contributed by atoms with van der Waals surface area (Å²) in [7, 11) is 1.38. The highest BCUT2D eigenvalue weighted by atomic mass is 19.1. The van der Waals surface area contributed by atoms with Gasteiger partial charge in [0.05, 0.1) is 31.5 Å². The number of methoxy groups -OCH3 is 1. The summed E-state index contributed by atoms with van der Waals surface area (Å²) in [5.41, 5.74) is 0.434. The van der Waals surface area contributed by atoms with Gasteiger partial charge in [-0.2, -0.15) is 0 Å². The molecule has 1 amide bonds. The van der Waals surface area contributed by atoms with Crippen molar-refractivity contribution in [3.05, 3.63) is 29.7 Å². The molecule has 0 saturated carbocycles. The number of carboxylic acid groups (broad SMARTS) is 1. The van der Waals surface area contributed by atoms with E-state index in [9.17, 15) is 14.3 Å². The average molecular weight is 281 g/mol. The predicted molar refractivity (Wildman–Crippen MR) is 67.0 cm³/mol. The molecule has 3 N–H and O–H groups in total. The zero-order chi connectivity index (χ0) is 14.7. The number of aliphatic hydroxyl groups excluding tert-OH is 1. The quantitative estimate of drug-likeness (QED) is 0.774. The average Bonchev–Trinajstić information content (AvgIpc) is 2.44. The first-order valence-corrected chi connectivity index (χ1v) is 5.66. The number of halogens is 1. The zero-order valence-corrected chi connectivity index (χ0v) is 10.5. The molecule has 7 nitrogen and oxygen atoms in total. The van der Waals surface area contributed by atoms with Crippen LogP contribution in [0.2, 0.25) is 0 Å². The van der Waals surface area contributed by atoms with Gasteiger partial charge >= 0.3 is 6.09 Å². The van der Waals surface area contributed by atoms with Gasteiger partial charge in [-0.3, -0.25) is 0 Å². The van der Waals surface area contributed by atoms with Gasteiger partial charge in [0, 0.05) is 5.56 Å². The topological polar surface area (TPSA) is 105 Å². The summed E-state index contributed by atoms with van der Waals surface area (Å²) in [5, 5.41) is 20.0. The summed E-state index contributed by atoms with van der Waals surface area (Å²) >= 11 is 0. The zero-order valence-electron chi connectivity index (χ0n) is 10.5. The van der Waals surface area contributed by atoms with Gasteiger partial charge in [-0.05, 0) is 12.1 Å². The summed E-state index contributed by atoms with van der Waals surface area (Å²) in [5.74, 6) is -0.524. The Labute approximate surface area is 113 Å². The molecule has 20 heavy (non-hydrogen) atoms. The molecular weight excluding hydrogens is 269 g/mol. The second-order valence-corrected chi connectivity index (χ2v) is 3.93. The lowest BCUT2D eigenvalue weighted by molar-refractivity contribution is 0.177. The Morgan fingerprint density at radius 1 is 1.55 bits per heavy atom. The third kappa shape index (κ3) is 2.59. The van der Waals surface area contributed by atoms with Crippen molar-refractivity contribution in [1.82, 2.24) is 15.3 Å². The van der Waals surface area contributed by atoms with Crippen molar-refractivity contribution in [2.45, 2.75) is 6.04 Å². The first-order valence-electron chi connectivity index (χ1n) is 5.66. The number of carbonyl (C=O) groups is 1. The monoisotopic (exact) mass is 281 g/mol. The van der Waals surface area contributed by atoms with E-state index in [1.54, 1.807) is 0 Å². The van der Waals surface area contributed by atoms with E-state index in [0.717, 1.165) is 6.07 Å². The maximum Gasteiger partial charge on any atom is 0.405 e. The lowest BCUT2D eigenvalue weighted by Crippen LogP contribution is -2.30. The summed E-state index contributed by atoms with van der Waals surface area (Å²) in [6, 6.07) is 1.42. The van der Waals surface area contributed by atoms with Crippen molar-refractivity contribution in [3.8, 4) is 5.88 Å². The highest BCUT2D eigenvalue weighted by Gasteiger charge is 2.21. The van der Waals surface area contributed by atoms with Crippen molar-refractivity contribution in [1.29, 1.82) is 0 Å². The molecule has 0 radical (unpaired) electrons. The van der Waals surface area contributed by atoms with Crippen LogP contribution in [0.15, 0.2) is 18.3 Å². The SMILES string of the molecule is COc1cnc2ccc(F)c([C@@H](CO)NC(=O)O)c2n1. The number of ether oxygens (including phenoxy) is 1. The highest BCUT2D eigenvalue weighted by Crippen LogP contribution is 2.26. The van der Waals surface area contributed by atoms with E-state index in [-0.39, 0.29) is 17.0 Å². The molecular formula is C12H12FN3O4. The van der Waals surface area contributed by atoms with Crippen molar-refractivity contribution in [3.63, 3.8) is 0 Å². The summed E-state index contributed by atoms with van der Waals surface area (Å²) in [4.78, 5) is 18.8. The minimum Gasteiger partial charge on any atom is -0.480 e. The van der Waals surface area contributed by atoms with E-state index in [1.165, 1.54) is 19.4 Å². The van der Waals surface area contributed by atoms with Crippen LogP contribution in [0.1, 0.15) is 11.6 Å². The second kappa shape index (κ2) is 5.66. The molecule has 0 aliphatic rings. The number of hydrogen-bond donors (Lipinski definition) is 3. The molecule has 0 spiro atoms. The number of fused-ring (bicyclic) bond motifs is 1. The van der Waals surface area contributed by atoms with Gasteiger partial charge in [0.15, 0.2) is 0 Å². The fourth-order valence-electron chi connectivity index (χ4n) is 1.85. The van der Waals surface area contributed by atoms with E-state index in [1.807, 2.05) is 5.32 Å². The summed E-state index contributed by atoms with van der Waals surface area (Å²) in [6.45, 7) is -0.610. The Balaban J connectivity index is 2.64. The molecule has 8 heteroatoms. The number of hydrogen-bond acceptors (Lipinski definition) is 5. The van der Waals surface area contributed by atoms with Gasteiger partial charge in [-0.1, -0.05) is 0 Å². The molecule has 0 fully saturated rings. The first kappa shape index (κ1) is 13.9. The van der Waals surface area contributed by atoms with Crippen LogP contribution in [0.5, 0.6) is 5.88 Å². The Morgan fingerprint density at radius 3 is 2.90 bits per heavy atom. The third-order valence-electron chi connectivity index (χ3n) is 2.72. The van der Waals surface area contributed by atoms with E-state index in [4.69, 9.17) is 9.84 Å². The normalized spacial score (nSPS) is 12.2. The minimum absolute atomic E-state index is 0.0706. The lowest BCUT2D eigenvalue weighted by Gasteiger charge is -2.17. The summed E-state index contributed by atoms with van der Waals surface area (Å²) < 4.78 is 18.9. The smallest absolute Gasteiger partial charge is 0.405 e. The molecule has 2 aromatic rings.